The second kappa shape index (κ2) is 3.17. The Labute approximate surface area is 68.1 Å². The smallest absolute Gasteiger partial charge is 0.109 e. The lowest BCUT2D eigenvalue weighted by Crippen LogP contribution is -2.32. The van der Waals surface area contributed by atoms with Gasteiger partial charge in [0.1, 0.15) is 12.2 Å². The summed E-state index contributed by atoms with van der Waals surface area (Å²) < 4.78 is 5.19. The first-order chi connectivity index (χ1) is 4.66. The predicted molar refractivity (Wildman–Crippen MR) is 40.1 cm³/mol. The molecule has 0 aromatic heterocycles. The van der Waals surface area contributed by atoms with Crippen LogP contribution in [0.2, 0.25) is 0 Å². The molecule has 0 spiro atoms. The molecular weight excluding hydrogens is 200 g/mol. The third-order valence-electron chi connectivity index (χ3n) is 1.75. The van der Waals surface area contributed by atoms with Gasteiger partial charge in [-0.3, -0.25) is 0 Å². The van der Waals surface area contributed by atoms with E-state index in [9.17, 15) is 10.2 Å². The molecule has 0 saturated carbocycles. The predicted octanol–water partition coefficient (Wildman–Crippen LogP) is -0.110. The standard InChI is InChI=1S/C6H11BrO3/c1-3-5(8)6(9)4(2-7)10-3/h3-6,8-9H,2H2,1H3/t3-,4?,5+,6+/m0/s1. The molecule has 0 aliphatic carbocycles. The van der Waals surface area contributed by atoms with Gasteiger partial charge in [0.05, 0.1) is 12.2 Å². The van der Waals surface area contributed by atoms with Gasteiger partial charge >= 0.3 is 0 Å². The van der Waals surface area contributed by atoms with E-state index in [4.69, 9.17) is 4.74 Å². The van der Waals surface area contributed by atoms with Crippen LogP contribution in [0.1, 0.15) is 6.92 Å². The molecule has 2 N–H and O–H groups in total. The maximum absolute atomic E-state index is 9.22. The van der Waals surface area contributed by atoms with Crippen LogP contribution in [-0.4, -0.2) is 40.0 Å². The number of hydrogen-bond donors (Lipinski definition) is 2. The lowest BCUT2D eigenvalue weighted by Gasteiger charge is -2.10. The minimum absolute atomic E-state index is 0.252. The third-order valence-corrected chi connectivity index (χ3v) is 2.39. The molecule has 0 aromatic rings. The largest absolute Gasteiger partial charge is 0.388 e. The van der Waals surface area contributed by atoms with Crippen LogP contribution < -0.4 is 0 Å². The molecule has 1 heterocycles. The molecule has 1 saturated heterocycles. The molecule has 0 amide bonds. The average molecular weight is 211 g/mol. The zero-order valence-electron chi connectivity index (χ0n) is 5.70. The number of ether oxygens (including phenoxy) is 1. The Kier molecular flexibility index (Phi) is 2.68. The first kappa shape index (κ1) is 8.46. The lowest BCUT2D eigenvalue weighted by atomic mass is 10.1. The normalized spacial score (nSPS) is 48.0. The fourth-order valence-electron chi connectivity index (χ4n) is 1.06. The molecule has 1 rings (SSSR count). The van der Waals surface area contributed by atoms with E-state index in [0.717, 1.165) is 0 Å². The van der Waals surface area contributed by atoms with Crippen molar-refractivity contribution in [3.05, 3.63) is 0 Å². The van der Waals surface area contributed by atoms with E-state index < -0.39 is 12.2 Å². The van der Waals surface area contributed by atoms with Crippen LogP contribution in [0.15, 0.2) is 0 Å². The van der Waals surface area contributed by atoms with Gasteiger partial charge in [-0.15, -0.1) is 0 Å². The minimum atomic E-state index is -0.741. The Hall–Kier alpha value is 0.360. The van der Waals surface area contributed by atoms with Gasteiger partial charge in [-0.2, -0.15) is 0 Å². The molecule has 10 heavy (non-hydrogen) atoms. The topological polar surface area (TPSA) is 49.7 Å². The van der Waals surface area contributed by atoms with Gasteiger partial charge in [0, 0.05) is 5.33 Å². The van der Waals surface area contributed by atoms with Gasteiger partial charge in [0.2, 0.25) is 0 Å². The average Bonchev–Trinajstić information content (AvgIpc) is 2.17. The van der Waals surface area contributed by atoms with Gasteiger partial charge < -0.3 is 14.9 Å². The van der Waals surface area contributed by atoms with Crippen LogP contribution in [0, 0.1) is 0 Å². The molecule has 0 bridgehead atoms. The van der Waals surface area contributed by atoms with Crippen molar-refractivity contribution in [3.63, 3.8) is 0 Å². The van der Waals surface area contributed by atoms with Crippen molar-refractivity contribution in [2.75, 3.05) is 5.33 Å². The van der Waals surface area contributed by atoms with Crippen molar-refractivity contribution in [2.24, 2.45) is 0 Å². The molecule has 1 aliphatic heterocycles. The van der Waals surface area contributed by atoms with Gasteiger partial charge in [-0.05, 0) is 6.92 Å². The molecule has 4 heteroatoms. The molecule has 1 fully saturated rings. The van der Waals surface area contributed by atoms with Crippen molar-refractivity contribution in [2.45, 2.75) is 31.3 Å². The molecule has 0 aromatic carbocycles. The monoisotopic (exact) mass is 210 g/mol. The fraction of sp³-hybridized carbons (Fsp3) is 1.00. The van der Waals surface area contributed by atoms with Crippen molar-refractivity contribution >= 4 is 15.9 Å². The summed E-state index contributed by atoms with van der Waals surface area (Å²) in [5, 5.41) is 19.0. The van der Waals surface area contributed by atoms with E-state index in [2.05, 4.69) is 15.9 Å². The summed E-state index contributed by atoms with van der Waals surface area (Å²) in [6, 6.07) is 0. The highest BCUT2D eigenvalue weighted by Crippen LogP contribution is 2.21. The quantitative estimate of drug-likeness (QED) is 0.595. The number of hydrogen-bond acceptors (Lipinski definition) is 3. The fourth-order valence-corrected chi connectivity index (χ4v) is 1.60. The van der Waals surface area contributed by atoms with E-state index in [1.54, 1.807) is 6.92 Å². The summed E-state index contributed by atoms with van der Waals surface area (Å²) >= 11 is 3.18. The van der Waals surface area contributed by atoms with Crippen molar-refractivity contribution in [3.8, 4) is 0 Å². The van der Waals surface area contributed by atoms with Crippen LogP contribution in [0.25, 0.3) is 0 Å². The van der Waals surface area contributed by atoms with Crippen molar-refractivity contribution in [1.82, 2.24) is 0 Å². The zero-order valence-corrected chi connectivity index (χ0v) is 7.28. The minimum Gasteiger partial charge on any atom is -0.388 e. The maximum atomic E-state index is 9.22. The van der Waals surface area contributed by atoms with Crippen LogP contribution >= 0.6 is 15.9 Å². The maximum Gasteiger partial charge on any atom is 0.109 e. The lowest BCUT2D eigenvalue weighted by molar-refractivity contribution is 0.0305. The Morgan fingerprint density at radius 3 is 2.20 bits per heavy atom. The molecule has 3 nitrogen and oxygen atoms in total. The summed E-state index contributed by atoms with van der Waals surface area (Å²) in [6.45, 7) is 1.75. The van der Waals surface area contributed by atoms with Crippen molar-refractivity contribution in [1.29, 1.82) is 0 Å². The molecule has 60 valence electrons. The van der Waals surface area contributed by atoms with Gasteiger partial charge in [-0.25, -0.2) is 0 Å². The summed E-state index contributed by atoms with van der Waals surface area (Å²) in [5.74, 6) is 0. The van der Waals surface area contributed by atoms with E-state index >= 15 is 0 Å². The van der Waals surface area contributed by atoms with E-state index in [1.807, 2.05) is 0 Å². The first-order valence-corrected chi connectivity index (χ1v) is 4.36. The van der Waals surface area contributed by atoms with E-state index in [0.29, 0.717) is 5.33 Å². The number of rotatable bonds is 1. The summed E-state index contributed by atoms with van der Waals surface area (Å²) in [6.07, 6.45) is -1.99. The van der Waals surface area contributed by atoms with E-state index in [1.165, 1.54) is 0 Å². The van der Waals surface area contributed by atoms with Crippen LogP contribution in [0.3, 0.4) is 0 Å². The molecule has 1 unspecified atom stereocenters. The zero-order chi connectivity index (χ0) is 7.72. The van der Waals surface area contributed by atoms with Crippen LogP contribution in [0.5, 0.6) is 0 Å². The van der Waals surface area contributed by atoms with Crippen LogP contribution in [0.4, 0.5) is 0 Å². The molecular formula is C6H11BrO3. The van der Waals surface area contributed by atoms with Crippen LogP contribution in [-0.2, 0) is 4.74 Å². The van der Waals surface area contributed by atoms with Crippen molar-refractivity contribution < 1.29 is 14.9 Å². The Morgan fingerprint density at radius 2 is 2.00 bits per heavy atom. The van der Waals surface area contributed by atoms with E-state index in [-0.39, 0.29) is 12.2 Å². The summed E-state index contributed by atoms with van der Waals surface area (Å²) in [5.41, 5.74) is 0. The SMILES string of the molecule is C[C@@H]1OC(CBr)[C@@H](O)[C@@H]1O. The second-order valence-corrected chi connectivity index (χ2v) is 3.16. The number of aliphatic hydroxyl groups excluding tert-OH is 2. The van der Waals surface area contributed by atoms with Gasteiger partial charge in [-0.1, -0.05) is 15.9 Å². The molecule has 1 aliphatic rings. The third kappa shape index (κ3) is 1.34. The number of halogens is 1. The highest BCUT2D eigenvalue weighted by molar-refractivity contribution is 9.09. The highest BCUT2D eigenvalue weighted by atomic mass is 79.9. The number of aliphatic hydroxyl groups is 2. The second-order valence-electron chi connectivity index (χ2n) is 2.52. The van der Waals surface area contributed by atoms with Gasteiger partial charge in [0.15, 0.2) is 0 Å². The molecule has 4 atom stereocenters. The first-order valence-electron chi connectivity index (χ1n) is 3.24. The Morgan fingerprint density at radius 1 is 1.40 bits per heavy atom. The summed E-state index contributed by atoms with van der Waals surface area (Å²) in [4.78, 5) is 0. The Balaban J connectivity index is 2.53. The molecule has 0 radical (unpaired) electrons. The summed E-state index contributed by atoms with van der Waals surface area (Å²) in [7, 11) is 0. The number of alkyl halides is 1. The highest BCUT2D eigenvalue weighted by Gasteiger charge is 2.39. The van der Waals surface area contributed by atoms with Gasteiger partial charge in [0.25, 0.3) is 0 Å². The Bertz CT molecular complexity index is 120.